The number of benzene rings is 2. The molecular formula is C24H24ClN3O3S. The van der Waals surface area contributed by atoms with Crippen molar-refractivity contribution in [3.8, 4) is 0 Å². The Kier molecular flexibility index (Phi) is 6.60. The first-order valence-corrected chi connectivity index (χ1v) is 12.3. The van der Waals surface area contributed by atoms with Gasteiger partial charge in [0.2, 0.25) is 10.0 Å². The summed E-state index contributed by atoms with van der Waals surface area (Å²) in [5.41, 5.74) is 2.89. The molecule has 2 aromatic carbocycles. The third-order valence-electron chi connectivity index (χ3n) is 5.53. The summed E-state index contributed by atoms with van der Waals surface area (Å²) in [5, 5.41) is 4.94. The van der Waals surface area contributed by atoms with Crippen molar-refractivity contribution in [1.29, 1.82) is 0 Å². The van der Waals surface area contributed by atoms with Crippen LogP contribution in [0.2, 0.25) is 5.15 Å². The van der Waals surface area contributed by atoms with Gasteiger partial charge in [-0.2, -0.15) is 9.40 Å². The van der Waals surface area contributed by atoms with Crippen LogP contribution >= 0.6 is 11.6 Å². The molecule has 1 aromatic heterocycles. The van der Waals surface area contributed by atoms with Crippen LogP contribution in [0.15, 0.2) is 65.6 Å². The summed E-state index contributed by atoms with van der Waals surface area (Å²) in [5.74, 6) is -0.235. The number of aromatic nitrogens is 2. The van der Waals surface area contributed by atoms with Crippen molar-refractivity contribution in [3.05, 3.63) is 88.2 Å². The Morgan fingerprint density at radius 2 is 1.72 bits per heavy atom. The zero-order valence-electron chi connectivity index (χ0n) is 17.7. The molecule has 0 N–H and O–H groups in total. The smallest absolute Gasteiger partial charge is 0.243 e. The van der Waals surface area contributed by atoms with Crippen LogP contribution in [0.5, 0.6) is 0 Å². The lowest BCUT2D eigenvalue weighted by atomic mass is 10.1. The van der Waals surface area contributed by atoms with Crippen molar-refractivity contribution in [3.63, 3.8) is 0 Å². The summed E-state index contributed by atoms with van der Waals surface area (Å²) < 4.78 is 28.5. The third-order valence-corrected chi connectivity index (χ3v) is 7.84. The minimum absolute atomic E-state index is 0.209. The highest BCUT2D eigenvalue weighted by atomic mass is 35.5. The maximum Gasteiger partial charge on any atom is 0.243 e. The van der Waals surface area contributed by atoms with Gasteiger partial charge in [-0.25, -0.2) is 13.1 Å². The van der Waals surface area contributed by atoms with E-state index in [9.17, 15) is 13.2 Å². The maximum atomic E-state index is 12.6. The molecule has 166 valence electrons. The number of hydrogen-bond acceptors (Lipinski definition) is 4. The van der Waals surface area contributed by atoms with E-state index in [0.29, 0.717) is 35.9 Å². The van der Waals surface area contributed by atoms with Crippen LogP contribution in [-0.4, -0.2) is 41.4 Å². The molecule has 0 saturated carbocycles. The summed E-state index contributed by atoms with van der Waals surface area (Å²) in [6.07, 6.45) is 4.85. The van der Waals surface area contributed by atoms with Crippen LogP contribution in [0.1, 0.15) is 40.0 Å². The number of carbonyl (C=O) groups is 1. The Hall–Kier alpha value is -2.74. The van der Waals surface area contributed by atoms with Gasteiger partial charge in [-0.15, -0.1) is 0 Å². The number of nitrogens with zero attached hydrogens (tertiary/aromatic N) is 3. The predicted molar refractivity (Wildman–Crippen MR) is 125 cm³/mol. The van der Waals surface area contributed by atoms with E-state index < -0.39 is 10.0 Å². The standard InChI is InChI=1S/C24H24ClN3O3S/c1-18-22(24(25)28(26-18)17-19-7-3-2-4-8-19)13-14-23(29)20-9-11-21(12-10-20)32(30,31)27-15-5-6-16-27/h2-4,7-14H,5-6,15-17H2,1H3/b14-13+. The normalized spacial score (nSPS) is 14.9. The van der Waals surface area contributed by atoms with Gasteiger partial charge >= 0.3 is 0 Å². The van der Waals surface area contributed by atoms with Gasteiger partial charge in [0.15, 0.2) is 5.78 Å². The second kappa shape index (κ2) is 9.40. The molecule has 32 heavy (non-hydrogen) atoms. The molecule has 0 radical (unpaired) electrons. The molecule has 0 aliphatic carbocycles. The number of rotatable bonds is 7. The van der Waals surface area contributed by atoms with E-state index in [1.807, 2.05) is 37.3 Å². The summed E-state index contributed by atoms with van der Waals surface area (Å²) in [6, 6.07) is 15.9. The number of sulfonamides is 1. The monoisotopic (exact) mass is 469 g/mol. The van der Waals surface area contributed by atoms with Crippen LogP contribution < -0.4 is 0 Å². The number of aryl methyl sites for hydroxylation is 1. The number of hydrogen-bond donors (Lipinski definition) is 0. The van der Waals surface area contributed by atoms with Crippen LogP contribution in [0.4, 0.5) is 0 Å². The fourth-order valence-corrected chi connectivity index (χ4v) is 5.56. The van der Waals surface area contributed by atoms with Crippen molar-refractivity contribution in [2.75, 3.05) is 13.1 Å². The molecule has 0 unspecified atom stereocenters. The van der Waals surface area contributed by atoms with E-state index in [1.54, 1.807) is 22.9 Å². The van der Waals surface area contributed by atoms with Gasteiger partial charge in [0.25, 0.3) is 0 Å². The number of allylic oxidation sites excluding steroid dienone is 1. The van der Waals surface area contributed by atoms with E-state index in [0.717, 1.165) is 24.1 Å². The van der Waals surface area contributed by atoms with E-state index >= 15 is 0 Å². The number of halogens is 1. The fourth-order valence-electron chi connectivity index (χ4n) is 3.74. The number of carbonyl (C=O) groups excluding carboxylic acids is 1. The van der Waals surface area contributed by atoms with E-state index in [1.165, 1.54) is 22.5 Å². The van der Waals surface area contributed by atoms with Gasteiger partial charge in [-0.1, -0.05) is 41.9 Å². The Balaban J connectivity index is 1.49. The predicted octanol–water partition coefficient (Wildman–Crippen LogP) is 4.57. The lowest BCUT2D eigenvalue weighted by Crippen LogP contribution is -2.27. The van der Waals surface area contributed by atoms with Crippen molar-refractivity contribution in [2.24, 2.45) is 0 Å². The van der Waals surface area contributed by atoms with Gasteiger partial charge in [0, 0.05) is 24.2 Å². The summed E-state index contributed by atoms with van der Waals surface area (Å²) in [7, 11) is -3.50. The van der Waals surface area contributed by atoms with Crippen molar-refractivity contribution in [2.45, 2.75) is 31.2 Å². The van der Waals surface area contributed by atoms with Gasteiger partial charge in [0.05, 0.1) is 17.1 Å². The second-order valence-electron chi connectivity index (χ2n) is 7.77. The lowest BCUT2D eigenvalue weighted by Gasteiger charge is -2.15. The topological polar surface area (TPSA) is 72.3 Å². The van der Waals surface area contributed by atoms with E-state index in [2.05, 4.69) is 5.10 Å². The summed E-state index contributed by atoms with van der Waals surface area (Å²) >= 11 is 6.51. The SMILES string of the molecule is Cc1nn(Cc2ccccc2)c(Cl)c1/C=C/C(=O)c1ccc(S(=O)(=O)N2CCCC2)cc1. The molecule has 0 spiro atoms. The van der Waals surface area contributed by atoms with Gasteiger partial charge in [-0.3, -0.25) is 4.79 Å². The van der Waals surface area contributed by atoms with Gasteiger partial charge < -0.3 is 0 Å². The summed E-state index contributed by atoms with van der Waals surface area (Å²) in [6.45, 7) is 3.47. The van der Waals surface area contributed by atoms with Crippen molar-refractivity contribution < 1.29 is 13.2 Å². The molecule has 0 bridgehead atoms. The number of ketones is 1. The molecule has 8 heteroatoms. The maximum absolute atomic E-state index is 12.6. The average molecular weight is 470 g/mol. The largest absolute Gasteiger partial charge is 0.289 e. The van der Waals surface area contributed by atoms with Crippen molar-refractivity contribution in [1.82, 2.24) is 14.1 Å². The molecule has 3 aromatic rings. The third kappa shape index (κ3) is 4.70. The minimum Gasteiger partial charge on any atom is -0.289 e. The average Bonchev–Trinajstić information content (AvgIpc) is 3.43. The van der Waals surface area contributed by atoms with Gasteiger partial charge in [-0.05, 0) is 61.7 Å². The fraction of sp³-hybridized carbons (Fsp3) is 0.250. The molecule has 6 nitrogen and oxygen atoms in total. The van der Waals surface area contributed by atoms with Crippen LogP contribution in [0.25, 0.3) is 6.08 Å². The molecule has 1 saturated heterocycles. The molecule has 4 rings (SSSR count). The van der Waals surface area contributed by atoms with Crippen LogP contribution in [-0.2, 0) is 16.6 Å². The highest BCUT2D eigenvalue weighted by Crippen LogP contribution is 2.24. The highest BCUT2D eigenvalue weighted by Gasteiger charge is 2.27. The molecule has 1 fully saturated rings. The first-order valence-electron chi connectivity index (χ1n) is 10.5. The zero-order valence-corrected chi connectivity index (χ0v) is 19.3. The molecule has 0 amide bonds. The molecule has 2 heterocycles. The highest BCUT2D eigenvalue weighted by molar-refractivity contribution is 7.89. The van der Waals surface area contributed by atoms with Gasteiger partial charge in [0.1, 0.15) is 5.15 Å². The Bertz CT molecular complexity index is 1240. The first kappa shape index (κ1) is 22.5. The van der Waals surface area contributed by atoms with E-state index in [-0.39, 0.29) is 10.7 Å². The molecule has 0 atom stereocenters. The lowest BCUT2D eigenvalue weighted by molar-refractivity contribution is 0.104. The Morgan fingerprint density at radius 1 is 1.06 bits per heavy atom. The van der Waals surface area contributed by atoms with Crippen LogP contribution in [0.3, 0.4) is 0 Å². The second-order valence-corrected chi connectivity index (χ2v) is 10.1. The molecular weight excluding hydrogens is 446 g/mol. The molecule has 1 aliphatic rings. The first-order chi connectivity index (χ1) is 15.4. The van der Waals surface area contributed by atoms with E-state index in [4.69, 9.17) is 11.6 Å². The van der Waals surface area contributed by atoms with Crippen molar-refractivity contribution >= 4 is 33.5 Å². The zero-order chi connectivity index (χ0) is 22.7. The molecule has 1 aliphatic heterocycles. The summed E-state index contributed by atoms with van der Waals surface area (Å²) in [4.78, 5) is 12.8. The Morgan fingerprint density at radius 3 is 2.38 bits per heavy atom. The van der Waals surface area contributed by atoms with Crippen LogP contribution in [0, 0.1) is 6.92 Å². The quantitative estimate of drug-likeness (QED) is 0.375. The Labute approximate surface area is 193 Å². The minimum atomic E-state index is -3.50.